The van der Waals surface area contributed by atoms with Gasteiger partial charge in [-0.1, -0.05) is 24.3 Å². The normalized spacial score (nSPS) is 11.2. The Hall–Kier alpha value is -3.42. The fraction of sp³-hybridized carbons (Fsp3) is 0.357. The summed E-state index contributed by atoms with van der Waals surface area (Å²) in [5.41, 5.74) is 3.10. The van der Waals surface area contributed by atoms with E-state index in [9.17, 15) is 9.59 Å². The molecule has 0 spiro atoms. The van der Waals surface area contributed by atoms with Gasteiger partial charge in [0.05, 0.1) is 0 Å². The maximum absolute atomic E-state index is 12.6. The van der Waals surface area contributed by atoms with Gasteiger partial charge in [-0.2, -0.15) is 0 Å². The van der Waals surface area contributed by atoms with Crippen LogP contribution in [0.25, 0.3) is 22.6 Å². The van der Waals surface area contributed by atoms with E-state index in [2.05, 4.69) is 9.80 Å². The zero-order valence-electron chi connectivity index (χ0n) is 21.6. The summed E-state index contributed by atoms with van der Waals surface area (Å²) < 4.78 is 6.08. The third kappa shape index (κ3) is 7.04. The van der Waals surface area contributed by atoms with Gasteiger partial charge in [0.15, 0.2) is 0 Å². The molecular weight excluding hydrogens is 440 g/mol. The zero-order valence-corrected chi connectivity index (χ0v) is 21.6. The Labute approximate surface area is 208 Å². The Morgan fingerprint density at radius 1 is 0.543 bits per heavy atom. The van der Waals surface area contributed by atoms with Gasteiger partial charge in [-0.05, 0) is 64.6 Å². The smallest absolute Gasteiger partial charge is 0.253 e. The van der Waals surface area contributed by atoms with Crippen LogP contribution >= 0.6 is 0 Å². The summed E-state index contributed by atoms with van der Waals surface area (Å²) in [5, 5.41) is 0. The van der Waals surface area contributed by atoms with Crippen LogP contribution in [0, 0.1) is 0 Å². The molecule has 0 atom stereocenters. The minimum absolute atomic E-state index is 0.000491. The molecule has 2 aromatic carbocycles. The van der Waals surface area contributed by atoms with Gasteiger partial charge in [0, 0.05) is 62.5 Å². The van der Waals surface area contributed by atoms with Crippen LogP contribution in [0.15, 0.2) is 65.1 Å². The van der Waals surface area contributed by atoms with Crippen molar-refractivity contribution in [1.29, 1.82) is 0 Å². The van der Waals surface area contributed by atoms with Crippen LogP contribution in [0.4, 0.5) is 0 Å². The van der Waals surface area contributed by atoms with Crippen molar-refractivity contribution in [2.24, 2.45) is 0 Å². The van der Waals surface area contributed by atoms with E-state index in [1.54, 1.807) is 9.80 Å². The molecular formula is C28H36N4O3. The van der Waals surface area contributed by atoms with Gasteiger partial charge in [0.2, 0.25) is 0 Å². The Morgan fingerprint density at radius 2 is 0.886 bits per heavy atom. The van der Waals surface area contributed by atoms with Crippen LogP contribution in [0.2, 0.25) is 0 Å². The number of carbonyl (C=O) groups excluding carboxylic acids is 2. The number of hydrogen-bond acceptors (Lipinski definition) is 5. The number of amides is 2. The molecule has 0 saturated carbocycles. The van der Waals surface area contributed by atoms with E-state index in [1.807, 2.05) is 103 Å². The SMILES string of the molecule is CN(C)CCN(C)C(=O)c1ccc(-c2ccc(-c3ccc(C(=O)N(C)CCN(C)C)cc3)o2)cc1. The van der Waals surface area contributed by atoms with E-state index >= 15 is 0 Å². The van der Waals surface area contributed by atoms with E-state index < -0.39 is 0 Å². The van der Waals surface area contributed by atoms with Crippen LogP contribution in [0.3, 0.4) is 0 Å². The summed E-state index contributed by atoms with van der Waals surface area (Å²) in [7, 11) is 11.6. The van der Waals surface area contributed by atoms with Crippen LogP contribution in [0.1, 0.15) is 20.7 Å². The van der Waals surface area contributed by atoms with E-state index in [4.69, 9.17) is 4.42 Å². The molecule has 0 bridgehead atoms. The molecule has 7 nitrogen and oxygen atoms in total. The van der Waals surface area contributed by atoms with E-state index in [0.29, 0.717) is 24.2 Å². The highest BCUT2D eigenvalue weighted by molar-refractivity contribution is 5.95. The third-order valence-electron chi connectivity index (χ3n) is 5.90. The highest BCUT2D eigenvalue weighted by atomic mass is 16.3. The van der Waals surface area contributed by atoms with E-state index in [-0.39, 0.29) is 11.8 Å². The van der Waals surface area contributed by atoms with Crippen molar-refractivity contribution in [3.05, 3.63) is 71.8 Å². The van der Waals surface area contributed by atoms with Gasteiger partial charge in [-0.3, -0.25) is 9.59 Å². The van der Waals surface area contributed by atoms with Crippen molar-refractivity contribution in [2.45, 2.75) is 0 Å². The second-order valence-corrected chi connectivity index (χ2v) is 9.38. The second-order valence-electron chi connectivity index (χ2n) is 9.38. The quantitative estimate of drug-likeness (QED) is 0.445. The average molecular weight is 477 g/mol. The lowest BCUT2D eigenvalue weighted by atomic mass is 10.1. The molecule has 1 heterocycles. The van der Waals surface area contributed by atoms with Gasteiger partial charge >= 0.3 is 0 Å². The van der Waals surface area contributed by atoms with Gasteiger partial charge in [0.25, 0.3) is 11.8 Å². The van der Waals surface area contributed by atoms with Crippen LogP contribution in [-0.4, -0.2) is 99.9 Å². The van der Waals surface area contributed by atoms with Gasteiger partial charge in [0.1, 0.15) is 11.5 Å². The monoisotopic (exact) mass is 476 g/mol. The number of carbonyl (C=O) groups is 2. The molecule has 3 aromatic rings. The van der Waals surface area contributed by atoms with Crippen LogP contribution in [0.5, 0.6) is 0 Å². The largest absolute Gasteiger partial charge is 0.456 e. The van der Waals surface area contributed by atoms with Crippen molar-refractivity contribution in [3.63, 3.8) is 0 Å². The second kappa shape index (κ2) is 11.8. The van der Waals surface area contributed by atoms with Crippen molar-refractivity contribution in [2.75, 3.05) is 68.5 Å². The zero-order chi connectivity index (χ0) is 25.5. The Kier molecular flexibility index (Phi) is 8.84. The minimum atomic E-state index is 0.000491. The molecule has 0 fully saturated rings. The van der Waals surface area contributed by atoms with Crippen molar-refractivity contribution in [3.8, 4) is 22.6 Å². The number of rotatable bonds is 10. The highest BCUT2D eigenvalue weighted by Gasteiger charge is 2.15. The van der Waals surface area contributed by atoms with Gasteiger partial charge < -0.3 is 24.0 Å². The summed E-state index contributed by atoms with van der Waals surface area (Å²) in [6, 6.07) is 18.8. The summed E-state index contributed by atoms with van der Waals surface area (Å²) in [5.74, 6) is 1.45. The minimum Gasteiger partial charge on any atom is -0.456 e. The van der Waals surface area contributed by atoms with Crippen molar-refractivity contribution in [1.82, 2.24) is 19.6 Å². The lowest BCUT2D eigenvalue weighted by Gasteiger charge is -2.19. The average Bonchev–Trinajstić information content (AvgIpc) is 3.35. The van der Waals surface area contributed by atoms with Crippen molar-refractivity contribution < 1.29 is 14.0 Å². The number of benzene rings is 2. The number of likely N-dealkylation sites (N-methyl/N-ethyl adjacent to an activating group) is 4. The highest BCUT2D eigenvalue weighted by Crippen LogP contribution is 2.29. The molecule has 0 aliphatic carbocycles. The fourth-order valence-corrected chi connectivity index (χ4v) is 3.55. The molecule has 35 heavy (non-hydrogen) atoms. The fourth-order valence-electron chi connectivity index (χ4n) is 3.55. The molecule has 0 N–H and O–H groups in total. The first-order valence-corrected chi connectivity index (χ1v) is 11.8. The summed E-state index contributed by atoms with van der Waals surface area (Å²) >= 11 is 0. The maximum atomic E-state index is 12.6. The first kappa shape index (κ1) is 26.2. The predicted octanol–water partition coefficient (Wildman–Crippen LogP) is 3.88. The summed E-state index contributed by atoms with van der Waals surface area (Å²) in [6.45, 7) is 2.98. The van der Waals surface area contributed by atoms with Crippen LogP contribution in [-0.2, 0) is 0 Å². The maximum Gasteiger partial charge on any atom is 0.253 e. The standard InChI is InChI=1S/C28H36N4O3/c1-29(2)17-19-31(5)27(33)23-11-7-21(8-12-23)25-15-16-26(35-25)22-9-13-24(14-10-22)28(34)32(6)20-18-30(3)4/h7-16H,17-20H2,1-6H3. The Morgan fingerprint density at radius 3 is 1.20 bits per heavy atom. The summed E-state index contributed by atoms with van der Waals surface area (Å²) in [4.78, 5) is 32.8. The number of nitrogens with zero attached hydrogens (tertiary/aromatic N) is 4. The first-order valence-electron chi connectivity index (χ1n) is 11.8. The molecule has 0 radical (unpaired) electrons. The number of furan rings is 1. The summed E-state index contributed by atoms with van der Waals surface area (Å²) in [6.07, 6.45) is 0. The molecule has 0 saturated heterocycles. The topological polar surface area (TPSA) is 60.2 Å². The lowest BCUT2D eigenvalue weighted by Crippen LogP contribution is -2.33. The predicted molar refractivity (Wildman–Crippen MR) is 141 cm³/mol. The lowest BCUT2D eigenvalue weighted by molar-refractivity contribution is 0.0779. The third-order valence-corrected chi connectivity index (χ3v) is 5.90. The molecule has 7 heteroatoms. The van der Waals surface area contributed by atoms with Gasteiger partial charge in [-0.15, -0.1) is 0 Å². The molecule has 0 aliphatic rings. The van der Waals surface area contributed by atoms with Crippen molar-refractivity contribution >= 4 is 11.8 Å². The molecule has 0 aliphatic heterocycles. The molecule has 3 rings (SSSR count). The molecule has 1 aromatic heterocycles. The Balaban J connectivity index is 1.66. The Bertz CT molecular complexity index is 1030. The molecule has 0 unspecified atom stereocenters. The van der Waals surface area contributed by atoms with E-state index in [1.165, 1.54) is 0 Å². The van der Waals surface area contributed by atoms with Crippen LogP contribution < -0.4 is 0 Å². The molecule has 186 valence electrons. The van der Waals surface area contributed by atoms with E-state index in [0.717, 1.165) is 35.7 Å². The van der Waals surface area contributed by atoms with Gasteiger partial charge in [-0.25, -0.2) is 0 Å². The molecule has 2 amide bonds. The number of hydrogen-bond donors (Lipinski definition) is 0. The first-order chi connectivity index (χ1) is 16.7.